The molecule has 1 saturated heterocycles. The van der Waals surface area contributed by atoms with Crippen LogP contribution in [0.25, 0.3) is 11.8 Å². The number of amides is 1. The second kappa shape index (κ2) is 6.84. The second-order valence-electron chi connectivity index (χ2n) is 6.87. The normalized spacial score (nSPS) is 15.9. The number of aromatic nitrogens is 1. The van der Waals surface area contributed by atoms with Crippen molar-refractivity contribution in [3.8, 4) is 23.3 Å². The fourth-order valence-electron chi connectivity index (χ4n) is 3.74. The largest absolute Gasteiger partial charge is 0.454 e. The molecule has 4 rings (SSSR count). The van der Waals surface area contributed by atoms with Crippen LogP contribution in [0.2, 0.25) is 0 Å². The van der Waals surface area contributed by atoms with Gasteiger partial charge < -0.3 is 18.9 Å². The van der Waals surface area contributed by atoms with E-state index >= 15 is 0 Å². The monoisotopic (exact) mass is 363 g/mol. The molecule has 0 aliphatic carbocycles. The third-order valence-electron chi connectivity index (χ3n) is 5.13. The topological polar surface area (TPSA) is 67.5 Å². The van der Waals surface area contributed by atoms with Crippen molar-refractivity contribution in [3.63, 3.8) is 0 Å². The lowest BCUT2D eigenvalue weighted by Gasteiger charge is -2.14. The molecule has 6 heteroatoms. The molecule has 2 aromatic rings. The number of nitrogens with zero attached hydrogens (tertiary/aromatic N) is 3. The maximum Gasteiger partial charge on any atom is 0.264 e. The van der Waals surface area contributed by atoms with Gasteiger partial charge >= 0.3 is 0 Å². The lowest BCUT2D eigenvalue weighted by molar-refractivity contribution is -0.125. The molecule has 0 atom stereocenters. The Hall–Kier alpha value is -3.20. The first kappa shape index (κ1) is 17.2. The minimum absolute atomic E-state index is 0.178. The van der Waals surface area contributed by atoms with Gasteiger partial charge in [-0.05, 0) is 56.5 Å². The molecule has 2 aliphatic rings. The standard InChI is InChI=1S/C21H21N3O3/c1-14-9-16(10-17(12-22)21(25)23-7-3-4-8-23)15(2)24(14)18-5-6-19-20(11-18)27-13-26-19/h5-6,9-11H,3-4,7-8,13H2,1-2H3/b17-10+. The van der Waals surface area contributed by atoms with E-state index < -0.39 is 0 Å². The smallest absolute Gasteiger partial charge is 0.264 e. The first-order chi connectivity index (χ1) is 13.1. The predicted molar refractivity (Wildman–Crippen MR) is 101 cm³/mol. The molecule has 6 nitrogen and oxygen atoms in total. The number of hydrogen-bond acceptors (Lipinski definition) is 4. The van der Waals surface area contributed by atoms with Crippen molar-refractivity contribution in [2.45, 2.75) is 26.7 Å². The van der Waals surface area contributed by atoms with Crippen LogP contribution in [0, 0.1) is 25.2 Å². The summed E-state index contributed by atoms with van der Waals surface area (Å²) in [6, 6.07) is 9.88. The summed E-state index contributed by atoms with van der Waals surface area (Å²) in [5.41, 5.74) is 3.99. The van der Waals surface area contributed by atoms with Gasteiger partial charge in [0.05, 0.1) is 0 Å². The Kier molecular flexibility index (Phi) is 4.36. The first-order valence-corrected chi connectivity index (χ1v) is 9.08. The van der Waals surface area contributed by atoms with Gasteiger partial charge in [-0.3, -0.25) is 4.79 Å². The molecule has 1 aromatic heterocycles. The Balaban J connectivity index is 1.70. The molecule has 0 radical (unpaired) electrons. The summed E-state index contributed by atoms with van der Waals surface area (Å²) in [4.78, 5) is 14.3. The summed E-state index contributed by atoms with van der Waals surface area (Å²) in [5.74, 6) is 1.28. The van der Waals surface area contributed by atoms with E-state index in [0.717, 1.165) is 60.1 Å². The van der Waals surface area contributed by atoms with Crippen molar-refractivity contribution in [2.24, 2.45) is 0 Å². The Bertz CT molecular complexity index is 975. The zero-order valence-corrected chi connectivity index (χ0v) is 15.5. The van der Waals surface area contributed by atoms with Gasteiger partial charge in [-0.15, -0.1) is 0 Å². The summed E-state index contributed by atoms with van der Waals surface area (Å²) in [7, 11) is 0. The number of fused-ring (bicyclic) bond motifs is 1. The Labute approximate surface area is 158 Å². The molecule has 0 unspecified atom stereocenters. The van der Waals surface area contributed by atoms with Crippen molar-refractivity contribution in [1.29, 1.82) is 5.26 Å². The Morgan fingerprint density at radius 1 is 1.15 bits per heavy atom. The quantitative estimate of drug-likeness (QED) is 0.619. The molecule has 138 valence electrons. The van der Waals surface area contributed by atoms with Crippen molar-refractivity contribution >= 4 is 12.0 Å². The average molecular weight is 363 g/mol. The van der Waals surface area contributed by atoms with Crippen LogP contribution in [0.3, 0.4) is 0 Å². The summed E-state index contributed by atoms with van der Waals surface area (Å²) < 4.78 is 12.9. The van der Waals surface area contributed by atoms with Crippen LogP contribution in [0.4, 0.5) is 0 Å². The van der Waals surface area contributed by atoms with Crippen LogP contribution >= 0.6 is 0 Å². The highest BCUT2D eigenvalue weighted by molar-refractivity contribution is 6.02. The van der Waals surface area contributed by atoms with Gasteiger partial charge in [0.25, 0.3) is 5.91 Å². The fraction of sp³-hybridized carbons (Fsp3) is 0.333. The van der Waals surface area contributed by atoms with Gasteiger partial charge in [0.15, 0.2) is 11.5 Å². The van der Waals surface area contributed by atoms with E-state index in [4.69, 9.17) is 9.47 Å². The zero-order valence-electron chi connectivity index (χ0n) is 15.5. The number of nitriles is 1. The van der Waals surface area contributed by atoms with Gasteiger partial charge in [0.1, 0.15) is 11.6 Å². The maximum absolute atomic E-state index is 12.6. The summed E-state index contributed by atoms with van der Waals surface area (Å²) in [6.45, 7) is 5.69. The van der Waals surface area contributed by atoms with Crippen LogP contribution in [0.1, 0.15) is 29.8 Å². The van der Waals surface area contributed by atoms with Gasteiger partial charge in [0.2, 0.25) is 6.79 Å². The summed E-state index contributed by atoms with van der Waals surface area (Å²) >= 11 is 0. The zero-order chi connectivity index (χ0) is 19.0. The number of carbonyl (C=O) groups is 1. The van der Waals surface area contributed by atoms with Gasteiger partial charge in [0, 0.05) is 36.2 Å². The number of likely N-dealkylation sites (tertiary alicyclic amines) is 1. The molecule has 0 bridgehead atoms. The third kappa shape index (κ3) is 3.06. The number of hydrogen-bond donors (Lipinski definition) is 0. The van der Waals surface area contributed by atoms with Crippen molar-refractivity contribution in [3.05, 3.63) is 46.8 Å². The molecule has 0 saturated carbocycles. The van der Waals surface area contributed by atoms with Crippen molar-refractivity contribution < 1.29 is 14.3 Å². The molecule has 0 N–H and O–H groups in total. The van der Waals surface area contributed by atoms with Crippen molar-refractivity contribution in [1.82, 2.24) is 9.47 Å². The number of rotatable bonds is 3. The molecule has 1 amide bonds. The van der Waals surface area contributed by atoms with Gasteiger partial charge in [-0.25, -0.2) is 0 Å². The summed E-state index contributed by atoms with van der Waals surface area (Å²) in [6.07, 6.45) is 3.71. The minimum atomic E-state index is -0.178. The van der Waals surface area contributed by atoms with E-state index in [1.807, 2.05) is 38.1 Å². The van der Waals surface area contributed by atoms with Crippen molar-refractivity contribution in [2.75, 3.05) is 19.9 Å². The number of benzene rings is 1. The van der Waals surface area contributed by atoms with E-state index in [1.165, 1.54) is 0 Å². The highest BCUT2D eigenvalue weighted by Gasteiger charge is 2.22. The van der Waals surface area contributed by atoms with Crippen LogP contribution in [-0.4, -0.2) is 35.3 Å². The highest BCUT2D eigenvalue weighted by Crippen LogP contribution is 2.35. The van der Waals surface area contributed by atoms with E-state index in [2.05, 4.69) is 10.6 Å². The number of aryl methyl sites for hydroxylation is 1. The van der Waals surface area contributed by atoms with E-state index in [1.54, 1.807) is 11.0 Å². The number of carbonyl (C=O) groups excluding carboxylic acids is 1. The molecule has 3 heterocycles. The second-order valence-corrected chi connectivity index (χ2v) is 6.87. The van der Waals surface area contributed by atoms with Crippen LogP contribution in [-0.2, 0) is 4.79 Å². The number of ether oxygens (including phenoxy) is 2. The fourth-order valence-corrected chi connectivity index (χ4v) is 3.74. The Morgan fingerprint density at radius 3 is 2.63 bits per heavy atom. The molecular weight excluding hydrogens is 342 g/mol. The molecule has 27 heavy (non-hydrogen) atoms. The molecule has 1 aromatic carbocycles. The van der Waals surface area contributed by atoms with E-state index in [9.17, 15) is 10.1 Å². The predicted octanol–water partition coefficient (Wildman–Crippen LogP) is 3.35. The average Bonchev–Trinajstić information content (AvgIpc) is 3.39. The Morgan fingerprint density at radius 2 is 1.89 bits per heavy atom. The maximum atomic E-state index is 12.6. The van der Waals surface area contributed by atoms with E-state index in [-0.39, 0.29) is 18.3 Å². The summed E-state index contributed by atoms with van der Waals surface area (Å²) in [5, 5.41) is 9.50. The first-order valence-electron chi connectivity index (χ1n) is 9.08. The lowest BCUT2D eigenvalue weighted by atomic mass is 10.1. The minimum Gasteiger partial charge on any atom is -0.454 e. The highest BCUT2D eigenvalue weighted by atomic mass is 16.7. The van der Waals surface area contributed by atoms with Crippen LogP contribution < -0.4 is 9.47 Å². The molecule has 0 spiro atoms. The third-order valence-corrected chi connectivity index (χ3v) is 5.13. The van der Waals surface area contributed by atoms with Gasteiger partial charge in [-0.2, -0.15) is 5.26 Å². The molecular formula is C21H21N3O3. The molecule has 2 aliphatic heterocycles. The lowest BCUT2D eigenvalue weighted by Crippen LogP contribution is -2.28. The SMILES string of the molecule is Cc1cc(/C=C(\C#N)C(=O)N2CCCC2)c(C)n1-c1ccc2c(c1)OCO2. The van der Waals surface area contributed by atoms with Crippen LogP contribution in [0.5, 0.6) is 11.5 Å². The molecule has 1 fully saturated rings. The van der Waals surface area contributed by atoms with E-state index in [0.29, 0.717) is 0 Å². The van der Waals surface area contributed by atoms with Crippen LogP contribution in [0.15, 0.2) is 29.8 Å². The van der Waals surface area contributed by atoms with Gasteiger partial charge in [-0.1, -0.05) is 0 Å².